The molecule has 0 aliphatic rings. The van der Waals surface area contributed by atoms with E-state index in [1.807, 2.05) is 0 Å². The van der Waals surface area contributed by atoms with Gasteiger partial charge in [-0.25, -0.2) is 4.89 Å². The number of unbranched alkanes of at least 4 members (excludes halogenated alkanes) is 10. The first kappa shape index (κ1) is 24.9. The van der Waals surface area contributed by atoms with E-state index in [9.17, 15) is 0 Å². The lowest BCUT2D eigenvalue weighted by Crippen LogP contribution is -2.20. The fraction of sp³-hybridized carbons (Fsp3) is 1.00. The van der Waals surface area contributed by atoms with Gasteiger partial charge >= 0.3 is 0 Å². The Hall–Kier alpha value is -0.0800. The highest BCUT2D eigenvalue weighted by molar-refractivity contribution is 4.78. The minimum atomic E-state index is 0.496. The highest BCUT2D eigenvalue weighted by Gasteiger charge is 2.26. The molecule has 0 spiro atoms. The second kappa shape index (κ2) is 18.7. The van der Waals surface area contributed by atoms with E-state index < -0.39 is 0 Å². The Morgan fingerprint density at radius 3 is 1.24 bits per heavy atom. The van der Waals surface area contributed by atoms with Crippen LogP contribution in [0.1, 0.15) is 136 Å². The van der Waals surface area contributed by atoms with E-state index in [1.54, 1.807) is 0 Å². The Bertz CT molecular complexity index is 235. The maximum Gasteiger partial charge on any atom is 0.0819 e. The van der Waals surface area contributed by atoms with Crippen molar-refractivity contribution in [3.8, 4) is 0 Å². The van der Waals surface area contributed by atoms with E-state index in [-0.39, 0.29) is 0 Å². The highest BCUT2D eigenvalue weighted by Crippen LogP contribution is 2.40. The molecule has 0 aromatic heterocycles. The third-order valence-electron chi connectivity index (χ3n) is 5.78. The van der Waals surface area contributed by atoms with Crippen LogP contribution in [0.4, 0.5) is 0 Å². The molecule has 0 unspecified atom stereocenters. The Kier molecular flexibility index (Phi) is 18.6. The molecule has 2 nitrogen and oxygen atoms in total. The molecular formula is C23H48O2. The summed E-state index contributed by atoms with van der Waals surface area (Å²) in [5.41, 5.74) is 0.666. The summed E-state index contributed by atoms with van der Waals surface area (Å²) in [7, 11) is 0. The van der Waals surface area contributed by atoms with E-state index in [0.29, 0.717) is 12.0 Å². The molecule has 0 aliphatic heterocycles. The SMILES string of the molecule is CCCC(CCC)(CCC)CCCCCCCCCCCCCOO. The molecule has 152 valence electrons. The van der Waals surface area contributed by atoms with E-state index in [4.69, 9.17) is 5.26 Å². The van der Waals surface area contributed by atoms with Crippen molar-refractivity contribution >= 4 is 0 Å². The molecular weight excluding hydrogens is 308 g/mol. The van der Waals surface area contributed by atoms with Crippen LogP contribution in [0.15, 0.2) is 0 Å². The predicted molar refractivity (Wildman–Crippen MR) is 111 cm³/mol. The topological polar surface area (TPSA) is 29.5 Å². The van der Waals surface area contributed by atoms with E-state index in [0.717, 1.165) is 6.42 Å². The zero-order valence-electron chi connectivity index (χ0n) is 17.8. The first-order valence-electron chi connectivity index (χ1n) is 11.5. The second-order valence-corrected chi connectivity index (χ2v) is 8.22. The minimum Gasteiger partial charge on any atom is -0.252 e. The molecule has 0 aromatic rings. The highest BCUT2D eigenvalue weighted by atomic mass is 17.1. The standard InChI is InChI=1S/C23H48O2/c1-4-18-23(19-5-2,20-6-3)21-16-14-12-10-8-7-9-11-13-15-17-22-25-24/h24H,4-22H2,1-3H3. The Morgan fingerprint density at radius 2 is 0.880 bits per heavy atom. The van der Waals surface area contributed by atoms with Crippen molar-refractivity contribution in [1.82, 2.24) is 0 Å². The molecule has 0 fully saturated rings. The molecule has 0 aromatic carbocycles. The van der Waals surface area contributed by atoms with Gasteiger partial charge in [0.1, 0.15) is 0 Å². The Morgan fingerprint density at radius 1 is 0.520 bits per heavy atom. The summed E-state index contributed by atoms with van der Waals surface area (Å²) in [5, 5.41) is 8.25. The van der Waals surface area contributed by atoms with Crippen molar-refractivity contribution in [2.24, 2.45) is 5.41 Å². The van der Waals surface area contributed by atoms with Crippen LogP contribution in [-0.2, 0) is 4.89 Å². The summed E-state index contributed by atoms with van der Waals surface area (Å²) < 4.78 is 0. The molecule has 0 amide bonds. The lowest BCUT2D eigenvalue weighted by molar-refractivity contribution is -0.242. The number of hydrogen-bond acceptors (Lipinski definition) is 2. The molecule has 0 rings (SSSR count). The normalized spacial score (nSPS) is 12.0. The van der Waals surface area contributed by atoms with Crippen LogP contribution in [0.2, 0.25) is 0 Å². The lowest BCUT2D eigenvalue weighted by atomic mass is 9.72. The molecule has 0 saturated carbocycles. The molecule has 1 N–H and O–H groups in total. The van der Waals surface area contributed by atoms with Gasteiger partial charge in [0.25, 0.3) is 0 Å². The van der Waals surface area contributed by atoms with Crippen molar-refractivity contribution in [2.75, 3.05) is 6.61 Å². The van der Waals surface area contributed by atoms with Gasteiger partial charge in [-0.2, -0.15) is 0 Å². The summed E-state index contributed by atoms with van der Waals surface area (Å²) in [4.78, 5) is 4.10. The summed E-state index contributed by atoms with van der Waals surface area (Å²) in [6.45, 7) is 7.58. The summed E-state index contributed by atoms with van der Waals surface area (Å²) >= 11 is 0. The van der Waals surface area contributed by atoms with Crippen LogP contribution in [-0.4, -0.2) is 11.9 Å². The molecule has 0 saturated heterocycles. The lowest BCUT2D eigenvalue weighted by Gasteiger charge is -2.34. The third-order valence-corrected chi connectivity index (χ3v) is 5.78. The predicted octanol–water partition coefficient (Wildman–Crippen LogP) is 8.54. The minimum absolute atomic E-state index is 0.496. The second-order valence-electron chi connectivity index (χ2n) is 8.22. The first-order valence-corrected chi connectivity index (χ1v) is 11.5. The van der Waals surface area contributed by atoms with Crippen molar-refractivity contribution < 1.29 is 10.1 Å². The van der Waals surface area contributed by atoms with Crippen LogP contribution >= 0.6 is 0 Å². The molecule has 25 heavy (non-hydrogen) atoms. The van der Waals surface area contributed by atoms with Gasteiger partial charge in [-0.1, -0.05) is 104 Å². The van der Waals surface area contributed by atoms with Gasteiger partial charge in [-0.15, -0.1) is 0 Å². The average Bonchev–Trinajstić information content (AvgIpc) is 2.60. The molecule has 0 heterocycles. The molecule has 0 bridgehead atoms. The van der Waals surface area contributed by atoms with Gasteiger partial charge < -0.3 is 0 Å². The van der Waals surface area contributed by atoms with E-state index in [1.165, 1.54) is 109 Å². The quantitative estimate of drug-likeness (QED) is 0.134. The van der Waals surface area contributed by atoms with Crippen molar-refractivity contribution in [3.63, 3.8) is 0 Å². The van der Waals surface area contributed by atoms with Gasteiger partial charge in [0.15, 0.2) is 0 Å². The van der Waals surface area contributed by atoms with Gasteiger partial charge in [-0.05, 0) is 37.5 Å². The third kappa shape index (κ3) is 14.7. The van der Waals surface area contributed by atoms with Crippen LogP contribution < -0.4 is 0 Å². The number of hydrogen-bond donors (Lipinski definition) is 1. The van der Waals surface area contributed by atoms with Gasteiger partial charge in [0.2, 0.25) is 0 Å². The monoisotopic (exact) mass is 356 g/mol. The van der Waals surface area contributed by atoms with Crippen molar-refractivity contribution in [1.29, 1.82) is 0 Å². The van der Waals surface area contributed by atoms with E-state index in [2.05, 4.69) is 25.7 Å². The fourth-order valence-electron chi connectivity index (χ4n) is 4.60. The molecule has 0 atom stereocenters. The molecule has 2 heteroatoms. The van der Waals surface area contributed by atoms with E-state index >= 15 is 0 Å². The summed E-state index contributed by atoms with van der Waals surface area (Å²) in [6.07, 6.45) is 24.7. The maximum atomic E-state index is 8.25. The Labute approximate surface area is 159 Å². The Balaban J connectivity index is 3.56. The van der Waals surface area contributed by atoms with Gasteiger partial charge in [-0.3, -0.25) is 5.26 Å². The zero-order chi connectivity index (χ0) is 18.6. The van der Waals surface area contributed by atoms with Crippen molar-refractivity contribution in [2.45, 2.75) is 136 Å². The number of rotatable bonds is 20. The van der Waals surface area contributed by atoms with Gasteiger partial charge in [0, 0.05) is 0 Å². The van der Waals surface area contributed by atoms with Crippen LogP contribution in [0, 0.1) is 5.41 Å². The molecule has 0 radical (unpaired) electrons. The first-order chi connectivity index (χ1) is 12.2. The summed E-state index contributed by atoms with van der Waals surface area (Å²) in [6, 6.07) is 0. The largest absolute Gasteiger partial charge is 0.252 e. The van der Waals surface area contributed by atoms with Crippen LogP contribution in [0.25, 0.3) is 0 Å². The smallest absolute Gasteiger partial charge is 0.0819 e. The van der Waals surface area contributed by atoms with Crippen LogP contribution in [0.5, 0.6) is 0 Å². The maximum absolute atomic E-state index is 8.25. The molecule has 0 aliphatic carbocycles. The fourth-order valence-corrected chi connectivity index (χ4v) is 4.60. The summed E-state index contributed by atoms with van der Waals surface area (Å²) in [5.74, 6) is 0. The zero-order valence-corrected chi connectivity index (χ0v) is 17.8. The van der Waals surface area contributed by atoms with Crippen LogP contribution in [0.3, 0.4) is 0 Å². The average molecular weight is 357 g/mol. The van der Waals surface area contributed by atoms with Gasteiger partial charge in [0.05, 0.1) is 6.61 Å². The van der Waals surface area contributed by atoms with Crippen molar-refractivity contribution in [3.05, 3.63) is 0 Å².